The Balaban J connectivity index is 1.87. The quantitative estimate of drug-likeness (QED) is 0.822. The monoisotopic (exact) mass is 250 g/mol. The summed E-state index contributed by atoms with van der Waals surface area (Å²) in [7, 11) is 0. The van der Waals surface area contributed by atoms with Crippen LogP contribution >= 0.6 is 0 Å². The van der Waals surface area contributed by atoms with E-state index < -0.39 is 0 Å². The Morgan fingerprint density at radius 3 is 2.58 bits per heavy atom. The van der Waals surface area contributed by atoms with Crippen LogP contribution in [0.1, 0.15) is 24.2 Å². The van der Waals surface area contributed by atoms with Gasteiger partial charge in [-0.05, 0) is 11.5 Å². The summed E-state index contributed by atoms with van der Waals surface area (Å²) in [5, 5.41) is 8.74. The van der Waals surface area contributed by atoms with E-state index in [9.17, 15) is 0 Å². The van der Waals surface area contributed by atoms with Crippen LogP contribution in [0.3, 0.4) is 0 Å². The van der Waals surface area contributed by atoms with Gasteiger partial charge >= 0.3 is 0 Å². The molecule has 0 N–H and O–H groups in total. The number of benzene rings is 1. The first-order valence-electron chi connectivity index (χ1n) is 6.33. The predicted octanol–water partition coefficient (Wildman–Crippen LogP) is 2.55. The molecule has 2 unspecified atom stereocenters. The zero-order valence-corrected chi connectivity index (χ0v) is 10.7. The Morgan fingerprint density at radius 1 is 1.21 bits per heavy atom. The molecule has 1 aliphatic heterocycles. The van der Waals surface area contributed by atoms with Crippen LogP contribution in [-0.4, -0.2) is 16.5 Å². The van der Waals surface area contributed by atoms with Crippen LogP contribution in [0.15, 0.2) is 42.7 Å². The molecule has 1 aromatic carbocycles. The van der Waals surface area contributed by atoms with Crippen molar-refractivity contribution in [1.82, 2.24) is 9.97 Å². The van der Waals surface area contributed by atoms with Crippen molar-refractivity contribution in [3.05, 3.63) is 54.0 Å². The fourth-order valence-electron chi connectivity index (χ4n) is 2.61. The van der Waals surface area contributed by atoms with Crippen molar-refractivity contribution in [2.75, 3.05) is 11.4 Å². The van der Waals surface area contributed by atoms with Gasteiger partial charge in [0.1, 0.15) is 11.9 Å². The molecule has 2 atom stereocenters. The zero-order valence-electron chi connectivity index (χ0n) is 10.7. The SMILES string of the molecule is CC1CN(c2cnc(C#N)cn2)C1c1ccccc1. The molecule has 3 rings (SSSR count). The summed E-state index contributed by atoms with van der Waals surface area (Å²) in [5.41, 5.74) is 1.65. The lowest BCUT2D eigenvalue weighted by Crippen LogP contribution is -2.48. The number of rotatable bonds is 2. The number of aromatic nitrogens is 2. The van der Waals surface area contributed by atoms with Gasteiger partial charge in [-0.2, -0.15) is 5.26 Å². The van der Waals surface area contributed by atoms with E-state index in [0.717, 1.165) is 12.4 Å². The van der Waals surface area contributed by atoms with E-state index in [1.807, 2.05) is 12.1 Å². The van der Waals surface area contributed by atoms with Gasteiger partial charge in [0.15, 0.2) is 5.69 Å². The average molecular weight is 250 g/mol. The van der Waals surface area contributed by atoms with Crippen LogP contribution in [0.4, 0.5) is 5.82 Å². The lowest BCUT2D eigenvalue weighted by atomic mass is 9.85. The molecule has 4 heteroatoms. The largest absolute Gasteiger partial charge is 0.348 e. The Labute approximate surface area is 112 Å². The second kappa shape index (κ2) is 4.69. The molecular weight excluding hydrogens is 236 g/mol. The Hall–Kier alpha value is -2.41. The van der Waals surface area contributed by atoms with E-state index in [1.54, 1.807) is 6.20 Å². The molecule has 0 saturated carbocycles. The van der Waals surface area contributed by atoms with Gasteiger partial charge in [0.05, 0.1) is 18.4 Å². The van der Waals surface area contributed by atoms with Gasteiger partial charge in [0.2, 0.25) is 0 Å². The Kier molecular flexibility index (Phi) is 2.88. The summed E-state index contributed by atoms with van der Waals surface area (Å²) >= 11 is 0. The minimum Gasteiger partial charge on any atom is -0.348 e. The lowest BCUT2D eigenvalue weighted by molar-refractivity contribution is 0.322. The number of nitriles is 1. The molecule has 19 heavy (non-hydrogen) atoms. The third-order valence-corrected chi connectivity index (χ3v) is 3.55. The third-order valence-electron chi connectivity index (χ3n) is 3.55. The summed E-state index contributed by atoms with van der Waals surface area (Å²) in [4.78, 5) is 10.6. The summed E-state index contributed by atoms with van der Waals surface area (Å²) in [6.07, 6.45) is 3.21. The highest BCUT2D eigenvalue weighted by Crippen LogP contribution is 2.40. The van der Waals surface area contributed by atoms with Crippen LogP contribution < -0.4 is 4.90 Å². The molecule has 0 bridgehead atoms. The maximum absolute atomic E-state index is 8.74. The third kappa shape index (κ3) is 2.04. The van der Waals surface area contributed by atoms with Crippen LogP contribution in [0, 0.1) is 17.2 Å². The fourth-order valence-corrected chi connectivity index (χ4v) is 2.61. The lowest BCUT2D eigenvalue weighted by Gasteiger charge is -2.47. The van der Waals surface area contributed by atoms with Gasteiger partial charge in [0.25, 0.3) is 0 Å². The fraction of sp³-hybridized carbons (Fsp3) is 0.267. The van der Waals surface area contributed by atoms with E-state index in [4.69, 9.17) is 5.26 Å². The van der Waals surface area contributed by atoms with E-state index in [1.165, 1.54) is 11.8 Å². The molecule has 94 valence electrons. The first-order chi connectivity index (χ1) is 9.29. The molecule has 4 nitrogen and oxygen atoms in total. The first kappa shape index (κ1) is 11.7. The van der Waals surface area contributed by atoms with Crippen molar-refractivity contribution in [1.29, 1.82) is 5.26 Å². The van der Waals surface area contributed by atoms with Crippen molar-refractivity contribution in [2.24, 2.45) is 5.92 Å². The molecule has 1 aromatic heterocycles. The highest BCUT2D eigenvalue weighted by Gasteiger charge is 2.37. The van der Waals surface area contributed by atoms with Gasteiger partial charge in [-0.1, -0.05) is 37.3 Å². The van der Waals surface area contributed by atoms with Crippen LogP contribution in [0.25, 0.3) is 0 Å². The molecule has 2 aromatic rings. The van der Waals surface area contributed by atoms with Crippen molar-refractivity contribution < 1.29 is 0 Å². The molecule has 0 radical (unpaired) electrons. The number of hydrogen-bond acceptors (Lipinski definition) is 4. The van der Waals surface area contributed by atoms with Gasteiger partial charge in [0, 0.05) is 6.54 Å². The second-order valence-corrected chi connectivity index (χ2v) is 4.86. The number of hydrogen-bond donors (Lipinski definition) is 0. The molecule has 0 aliphatic carbocycles. The van der Waals surface area contributed by atoms with E-state index in [0.29, 0.717) is 17.7 Å². The highest BCUT2D eigenvalue weighted by atomic mass is 15.3. The molecule has 1 fully saturated rings. The van der Waals surface area contributed by atoms with Gasteiger partial charge in [-0.15, -0.1) is 0 Å². The van der Waals surface area contributed by atoms with Crippen LogP contribution in [0.2, 0.25) is 0 Å². The molecule has 2 heterocycles. The average Bonchev–Trinajstić information content (AvgIpc) is 2.46. The minimum atomic E-state index is 0.350. The minimum absolute atomic E-state index is 0.350. The Morgan fingerprint density at radius 2 is 2.00 bits per heavy atom. The van der Waals surface area contributed by atoms with E-state index in [2.05, 4.69) is 46.1 Å². The zero-order chi connectivity index (χ0) is 13.2. The second-order valence-electron chi connectivity index (χ2n) is 4.86. The van der Waals surface area contributed by atoms with Gasteiger partial charge in [-0.25, -0.2) is 9.97 Å². The van der Waals surface area contributed by atoms with Gasteiger partial charge < -0.3 is 4.90 Å². The normalized spacial score (nSPS) is 21.6. The maximum Gasteiger partial charge on any atom is 0.158 e. The molecule has 0 amide bonds. The summed E-state index contributed by atoms with van der Waals surface area (Å²) in [5.74, 6) is 1.44. The predicted molar refractivity (Wildman–Crippen MR) is 72.4 cm³/mol. The van der Waals surface area contributed by atoms with Crippen molar-refractivity contribution in [3.8, 4) is 6.07 Å². The van der Waals surface area contributed by atoms with E-state index >= 15 is 0 Å². The maximum atomic E-state index is 8.74. The number of anilines is 1. The molecular formula is C15H14N4. The van der Waals surface area contributed by atoms with Crippen molar-refractivity contribution in [2.45, 2.75) is 13.0 Å². The van der Waals surface area contributed by atoms with Gasteiger partial charge in [-0.3, -0.25) is 0 Å². The van der Waals surface area contributed by atoms with Crippen molar-refractivity contribution >= 4 is 5.82 Å². The van der Waals surface area contributed by atoms with Crippen LogP contribution in [-0.2, 0) is 0 Å². The van der Waals surface area contributed by atoms with E-state index in [-0.39, 0.29) is 0 Å². The standard InChI is InChI=1S/C15H14N4/c1-11-10-19(14-9-17-13(7-16)8-18-14)15(11)12-5-3-2-4-6-12/h2-6,8-9,11,15H,10H2,1H3. The molecule has 1 saturated heterocycles. The molecule has 0 spiro atoms. The Bertz CT molecular complexity index is 600. The summed E-state index contributed by atoms with van der Waals surface area (Å²) in [6.45, 7) is 3.21. The molecule has 1 aliphatic rings. The number of nitrogens with zero attached hydrogens (tertiary/aromatic N) is 4. The summed E-state index contributed by atoms with van der Waals surface area (Å²) < 4.78 is 0. The van der Waals surface area contributed by atoms with Crippen molar-refractivity contribution in [3.63, 3.8) is 0 Å². The first-order valence-corrected chi connectivity index (χ1v) is 6.33. The smallest absolute Gasteiger partial charge is 0.158 e. The highest BCUT2D eigenvalue weighted by molar-refractivity contribution is 5.46. The van der Waals surface area contributed by atoms with Crippen LogP contribution in [0.5, 0.6) is 0 Å². The summed E-state index contributed by atoms with van der Waals surface area (Å²) in [6, 6.07) is 12.8. The topological polar surface area (TPSA) is 52.8 Å².